The van der Waals surface area contributed by atoms with Crippen LogP contribution in [0.1, 0.15) is 5.56 Å². The molecule has 0 atom stereocenters. The fourth-order valence-electron chi connectivity index (χ4n) is 2.34. The third-order valence-corrected chi connectivity index (χ3v) is 3.15. The molecule has 2 aromatic carbocycles. The normalized spacial score (nSPS) is 12.9. The summed E-state index contributed by atoms with van der Waals surface area (Å²) in [4.78, 5) is 0. The van der Waals surface area contributed by atoms with Crippen LogP contribution in [0.3, 0.4) is 0 Å². The van der Waals surface area contributed by atoms with E-state index < -0.39 is 0 Å². The van der Waals surface area contributed by atoms with Crippen LogP contribution in [-0.4, -0.2) is 5.16 Å². The Morgan fingerprint density at radius 1 is 1.06 bits per heavy atom. The first kappa shape index (κ1) is 8.82. The van der Waals surface area contributed by atoms with Crippen molar-refractivity contribution in [2.45, 2.75) is 6.61 Å². The summed E-state index contributed by atoms with van der Waals surface area (Å²) in [7, 11) is 0. The number of fused-ring (bicyclic) bond motifs is 5. The molecule has 1 aromatic heterocycles. The Labute approximate surface area is 97.6 Å². The minimum atomic E-state index is 0.532. The molecule has 3 heteroatoms. The molecule has 0 fully saturated rings. The van der Waals surface area contributed by atoms with Gasteiger partial charge < -0.3 is 9.26 Å². The summed E-state index contributed by atoms with van der Waals surface area (Å²) in [5.74, 6) is 0.880. The molecule has 0 bridgehead atoms. The van der Waals surface area contributed by atoms with Crippen LogP contribution in [0.25, 0.3) is 22.0 Å². The van der Waals surface area contributed by atoms with Crippen molar-refractivity contribution in [3.63, 3.8) is 0 Å². The number of benzene rings is 2. The van der Waals surface area contributed by atoms with Crippen molar-refractivity contribution in [3.05, 3.63) is 48.2 Å². The number of rotatable bonds is 0. The Hall–Kier alpha value is -2.29. The molecular weight excluding hydrogens is 214 g/mol. The lowest BCUT2D eigenvalue weighted by atomic mass is 9.97. The topological polar surface area (TPSA) is 35.3 Å². The molecule has 0 saturated carbocycles. The zero-order chi connectivity index (χ0) is 11.2. The van der Waals surface area contributed by atoms with Crippen molar-refractivity contribution in [1.82, 2.24) is 5.16 Å². The predicted molar refractivity (Wildman–Crippen MR) is 63.8 cm³/mol. The van der Waals surface area contributed by atoms with Crippen molar-refractivity contribution in [1.29, 1.82) is 0 Å². The Kier molecular flexibility index (Phi) is 1.61. The largest absolute Gasteiger partial charge is 0.488 e. The van der Waals surface area contributed by atoms with Gasteiger partial charge in [0.2, 0.25) is 0 Å². The molecule has 0 unspecified atom stereocenters. The van der Waals surface area contributed by atoms with E-state index in [9.17, 15) is 0 Å². The third kappa shape index (κ3) is 1.13. The van der Waals surface area contributed by atoms with E-state index in [1.54, 1.807) is 6.26 Å². The van der Waals surface area contributed by atoms with Gasteiger partial charge >= 0.3 is 0 Å². The van der Waals surface area contributed by atoms with Gasteiger partial charge in [-0.15, -0.1) is 0 Å². The lowest BCUT2D eigenvalue weighted by Gasteiger charge is -2.17. The Morgan fingerprint density at radius 2 is 2.00 bits per heavy atom. The number of ether oxygens (including phenoxy) is 1. The Balaban J connectivity index is 2.17. The monoisotopic (exact) mass is 223 g/mol. The van der Waals surface area contributed by atoms with Crippen molar-refractivity contribution >= 4 is 10.8 Å². The molecule has 0 saturated heterocycles. The quantitative estimate of drug-likeness (QED) is 0.586. The maximum atomic E-state index is 5.72. The average molecular weight is 223 g/mol. The zero-order valence-electron chi connectivity index (χ0n) is 9.01. The van der Waals surface area contributed by atoms with Gasteiger partial charge in [-0.2, -0.15) is 0 Å². The number of hydrogen-bond donors (Lipinski definition) is 0. The van der Waals surface area contributed by atoms with Crippen molar-refractivity contribution in [3.8, 4) is 17.0 Å². The molecule has 0 N–H and O–H groups in total. The van der Waals surface area contributed by atoms with Crippen molar-refractivity contribution in [2.24, 2.45) is 0 Å². The number of nitrogens with zero attached hydrogens (tertiary/aromatic N) is 1. The van der Waals surface area contributed by atoms with Crippen LogP contribution in [-0.2, 0) is 6.61 Å². The first-order valence-corrected chi connectivity index (χ1v) is 5.51. The van der Waals surface area contributed by atoms with E-state index >= 15 is 0 Å². The third-order valence-electron chi connectivity index (χ3n) is 3.15. The van der Waals surface area contributed by atoms with E-state index in [1.165, 1.54) is 5.39 Å². The van der Waals surface area contributed by atoms with E-state index in [0.717, 1.165) is 28.0 Å². The summed E-state index contributed by atoms with van der Waals surface area (Å²) < 4.78 is 10.8. The first-order valence-electron chi connectivity index (χ1n) is 5.51. The van der Waals surface area contributed by atoms with Crippen LogP contribution in [0.15, 0.2) is 47.2 Å². The molecule has 0 aliphatic carbocycles. The second-order valence-corrected chi connectivity index (χ2v) is 4.14. The minimum absolute atomic E-state index is 0.532. The maximum absolute atomic E-state index is 5.72. The van der Waals surface area contributed by atoms with Crippen LogP contribution < -0.4 is 4.74 Å². The number of aromatic nitrogens is 1. The SMILES string of the molecule is c1ccc2c3c(ccc2c1)OCc1conc1-3. The van der Waals surface area contributed by atoms with Gasteiger partial charge in [0.1, 0.15) is 24.3 Å². The van der Waals surface area contributed by atoms with Gasteiger partial charge in [0.25, 0.3) is 0 Å². The minimum Gasteiger partial charge on any atom is -0.488 e. The van der Waals surface area contributed by atoms with E-state index in [4.69, 9.17) is 9.26 Å². The second kappa shape index (κ2) is 3.10. The molecule has 4 rings (SSSR count). The van der Waals surface area contributed by atoms with E-state index in [2.05, 4.69) is 23.4 Å². The van der Waals surface area contributed by atoms with Crippen LogP contribution in [0, 0.1) is 0 Å². The highest BCUT2D eigenvalue weighted by molar-refractivity contribution is 5.99. The van der Waals surface area contributed by atoms with Gasteiger partial charge in [0.15, 0.2) is 0 Å². The van der Waals surface area contributed by atoms with Gasteiger partial charge in [0.05, 0.1) is 11.1 Å². The molecule has 3 aromatic rings. The summed E-state index contributed by atoms with van der Waals surface area (Å²) in [6.07, 6.45) is 1.65. The standard InChI is InChI=1S/C14H9NO2/c1-2-4-11-9(3-1)5-6-12-13(11)14-10(7-16-12)8-17-15-14/h1-6,8H,7H2. The van der Waals surface area contributed by atoms with Gasteiger partial charge in [-0.25, -0.2) is 0 Å². The maximum Gasteiger partial charge on any atom is 0.131 e. The lowest BCUT2D eigenvalue weighted by molar-refractivity contribution is 0.302. The average Bonchev–Trinajstić information content (AvgIpc) is 2.86. The molecule has 1 aliphatic rings. The zero-order valence-corrected chi connectivity index (χ0v) is 9.01. The van der Waals surface area contributed by atoms with Gasteiger partial charge in [-0.3, -0.25) is 0 Å². The van der Waals surface area contributed by atoms with Gasteiger partial charge in [-0.1, -0.05) is 35.5 Å². The molecule has 82 valence electrons. The van der Waals surface area contributed by atoms with Crippen LogP contribution in [0.5, 0.6) is 5.75 Å². The lowest BCUT2D eigenvalue weighted by Crippen LogP contribution is -2.04. The fourth-order valence-corrected chi connectivity index (χ4v) is 2.34. The van der Waals surface area contributed by atoms with Crippen LogP contribution >= 0.6 is 0 Å². The molecular formula is C14H9NO2. The highest BCUT2D eigenvalue weighted by atomic mass is 16.5. The van der Waals surface area contributed by atoms with E-state index in [-0.39, 0.29) is 0 Å². The molecule has 0 spiro atoms. The molecule has 1 aliphatic heterocycles. The van der Waals surface area contributed by atoms with E-state index in [1.807, 2.05) is 18.2 Å². The predicted octanol–water partition coefficient (Wildman–Crippen LogP) is 3.39. The summed E-state index contributed by atoms with van der Waals surface area (Å²) in [6.45, 7) is 0.532. The summed E-state index contributed by atoms with van der Waals surface area (Å²) in [6, 6.07) is 12.3. The molecule has 17 heavy (non-hydrogen) atoms. The highest BCUT2D eigenvalue weighted by Crippen LogP contribution is 2.41. The molecule has 2 heterocycles. The van der Waals surface area contributed by atoms with Crippen molar-refractivity contribution in [2.75, 3.05) is 0 Å². The Morgan fingerprint density at radius 3 is 3.00 bits per heavy atom. The molecule has 3 nitrogen and oxygen atoms in total. The van der Waals surface area contributed by atoms with Crippen LogP contribution in [0.2, 0.25) is 0 Å². The second-order valence-electron chi connectivity index (χ2n) is 4.14. The Bertz CT molecular complexity index is 715. The summed E-state index contributed by atoms with van der Waals surface area (Å²) in [5.41, 5.74) is 2.95. The molecule has 0 radical (unpaired) electrons. The first-order chi connectivity index (χ1) is 8.43. The van der Waals surface area contributed by atoms with Crippen molar-refractivity contribution < 1.29 is 9.26 Å². The van der Waals surface area contributed by atoms with Gasteiger partial charge in [0, 0.05) is 0 Å². The number of hydrogen-bond acceptors (Lipinski definition) is 3. The van der Waals surface area contributed by atoms with Gasteiger partial charge in [-0.05, 0) is 16.8 Å². The smallest absolute Gasteiger partial charge is 0.131 e. The fraction of sp³-hybridized carbons (Fsp3) is 0.0714. The van der Waals surface area contributed by atoms with E-state index in [0.29, 0.717) is 6.61 Å². The summed E-state index contributed by atoms with van der Waals surface area (Å²) in [5, 5.41) is 6.43. The summed E-state index contributed by atoms with van der Waals surface area (Å²) >= 11 is 0. The van der Waals surface area contributed by atoms with Crippen LogP contribution in [0.4, 0.5) is 0 Å². The highest BCUT2D eigenvalue weighted by Gasteiger charge is 2.22. The molecule has 0 amide bonds.